The monoisotopic (exact) mass is 249 g/mol. The van der Waals surface area contributed by atoms with Crippen molar-refractivity contribution in [2.45, 2.75) is 26.1 Å². The first-order valence-corrected chi connectivity index (χ1v) is 6.15. The molecule has 1 atom stereocenters. The predicted molar refractivity (Wildman–Crippen MR) is 70.9 cm³/mol. The highest BCUT2D eigenvalue weighted by molar-refractivity contribution is 5.80. The fourth-order valence-corrected chi connectivity index (χ4v) is 1.67. The van der Waals surface area contributed by atoms with Crippen molar-refractivity contribution < 1.29 is 14.6 Å². The molecule has 0 spiro atoms. The molecule has 18 heavy (non-hydrogen) atoms. The van der Waals surface area contributed by atoms with Crippen LogP contribution in [0.25, 0.3) is 10.9 Å². The first-order chi connectivity index (χ1) is 8.65. The third-order valence-electron chi connectivity index (χ3n) is 2.59. The highest BCUT2D eigenvalue weighted by atomic mass is 16.5. The second kappa shape index (κ2) is 5.89. The van der Waals surface area contributed by atoms with Crippen LogP contribution in [0.5, 0.6) is 5.75 Å². The van der Waals surface area contributed by atoms with Gasteiger partial charge in [-0.05, 0) is 38.1 Å². The zero-order chi connectivity index (χ0) is 13.0. The van der Waals surface area contributed by atoms with Gasteiger partial charge in [-0.2, -0.15) is 0 Å². The van der Waals surface area contributed by atoms with E-state index < -0.39 is 6.10 Å². The summed E-state index contributed by atoms with van der Waals surface area (Å²) in [5.41, 5.74) is 1.08. The average Bonchev–Trinajstić information content (AvgIpc) is 2.81. The second-order valence-corrected chi connectivity index (χ2v) is 4.57. The molecule has 1 aromatic carbocycles. The molecule has 0 amide bonds. The molecule has 0 fully saturated rings. The first-order valence-electron chi connectivity index (χ1n) is 6.15. The van der Waals surface area contributed by atoms with E-state index in [4.69, 9.17) is 9.47 Å². The summed E-state index contributed by atoms with van der Waals surface area (Å²) in [5.74, 6) is 0.755. The van der Waals surface area contributed by atoms with Gasteiger partial charge in [0.1, 0.15) is 18.5 Å². The van der Waals surface area contributed by atoms with Gasteiger partial charge >= 0.3 is 0 Å². The molecule has 1 aromatic heterocycles. The van der Waals surface area contributed by atoms with E-state index in [9.17, 15) is 5.11 Å². The van der Waals surface area contributed by atoms with E-state index >= 15 is 0 Å². The number of benzene rings is 1. The Morgan fingerprint density at radius 2 is 2.06 bits per heavy atom. The Hall–Kier alpha value is -1.52. The molecular formula is C14H19NO3. The van der Waals surface area contributed by atoms with Gasteiger partial charge in [-0.3, -0.25) is 0 Å². The maximum absolute atomic E-state index is 9.68. The number of fused-ring (bicyclic) bond motifs is 1. The van der Waals surface area contributed by atoms with Crippen molar-refractivity contribution >= 4 is 10.9 Å². The number of aromatic nitrogens is 1. The Morgan fingerprint density at radius 3 is 2.83 bits per heavy atom. The van der Waals surface area contributed by atoms with Crippen molar-refractivity contribution in [3.8, 4) is 5.75 Å². The van der Waals surface area contributed by atoms with Gasteiger partial charge in [0, 0.05) is 17.1 Å². The Morgan fingerprint density at radius 1 is 1.22 bits per heavy atom. The number of H-pyrrole nitrogens is 1. The quantitative estimate of drug-likeness (QED) is 0.826. The Kier molecular flexibility index (Phi) is 4.23. The molecule has 0 bridgehead atoms. The molecule has 1 unspecified atom stereocenters. The number of aromatic amines is 1. The lowest BCUT2D eigenvalue weighted by atomic mass is 10.2. The Labute approximate surface area is 107 Å². The smallest absolute Gasteiger partial charge is 0.120 e. The minimum absolute atomic E-state index is 0.121. The summed E-state index contributed by atoms with van der Waals surface area (Å²) in [6.07, 6.45) is 1.41. The third-order valence-corrected chi connectivity index (χ3v) is 2.59. The van der Waals surface area contributed by atoms with Gasteiger partial charge in [0.25, 0.3) is 0 Å². The van der Waals surface area contributed by atoms with Gasteiger partial charge in [-0.15, -0.1) is 0 Å². The molecule has 0 saturated heterocycles. The van der Waals surface area contributed by atoms with Gasteiger partial charge in [0.2, 0.25) is 0 Å². The normalized spacial score (nSPS) is 13.1. The molecule has 1 heterocycles. The molecule has 2 N–H and O–H groups in total. The van der Waals surface area contributed by atoms with Crippen LogP contribution in [0.15, 0.2) is 30.5 Å². The van der Waals surface area contributed by atoms with Crippen molar-refractivity contribution in [3.63, 3.8) is 0 Å². The summed E-state index contributed by atoms with van der Waals surface area (Å²) >= 11 is 0. The molecule has 0 radical (unpaired) electrons. The number of hydrogen-bond donors (Lipinski definition) is 2. The fraction of sp³-hybridized carbons (Fsp3) is 0.429. The highest BCUT2D eigenvalue weighted by Crippen LogP contribution is 2.19. The van der Waals surface area contributed by atoms with Crippen LogP contribution in [0.3, 0.4) is 0 Å². The molecular weight excluding hydrogens is 230 g/mol. The standard InChI is InChI=1S/C14H19NO3/c1-10(2)17-8-12(16)9-18-13-3-4-14-11(7-13)5-6-15-14/h3-7,10,12,15-16H,8-9H2,1-2H3. The number of hydrogen-bond acceptors (Lipinski definition) is 3. The van der Waals surface area contributed by atoms with E-state index in [0.29, 0.717) is 6.61 Å². The fourth-order valence-electron chi connectivity index (χ4n) is 1.67. The van der Waals surface area contributed by atoms with Crippen LogP contribution in [0.1, 0.15) is 13.8 Å². The van der Waals surface area contributed by atoms with Gasteiger partial charge in [-0.25, -0.2) is 0 Å². The molecule has 2 aromatic rings. The van der Waals surface area contributed by atoms with Crippen molar-refractivity contribution in [1.82, 2.24) is 4.98 Å². The summed E-state index contributed by atoms with van der Waals surface area (Å²) in [7, 11) is 0. The zero-order valence-corrected chi connectivity index (χ0v) is 10.7. The first kappa shape index (κ1) is 12.9. The topological polar surface area (TPSA) is 54.5 Å². The van der Waals surface area contributed by atoms with E-state index in [0.717, 1.165) is 16.7 Å². The minimum atomic E-state index is -0.602. The number of aliphatic hydroxyl groups excluding tert-OH is 1. The molecule has 0 aliphatic heterocycles. The van der Waals surface area contributed by atoms with Crippen LogP contribution < -0.4 is 4.74 Å². The predicted octanol–water partition coefficient (Wildman–Crippen LogP) is 2.33. The van der Waals surface area contributed by atoms with Crippen molar-refractivity contribution in [1.29, 1.82) is 0 Å². The van der Waals surface area contributed by atoms with Crippen LogP contribution in [-0.4, -0.2) is 35.5 Å². The van der Waals surface area contributed by atoms with Gasteiger partial charge in [-0.1, -0.05) is 0 Å². The van der Waals surface area contributed by atoms with Crippen LogP contribution in [-0.2, 0) is 4.74 Å². The van der Waals surface area contributed by atoms with Gasteiger partial charge in [0.05, 0.1) is 12.7 Å². The van der Waals surface area contributed by atoms with Crippen molar-refractivity contribution in [3.05, 3.63) is 30.5 Å². The van der Waals surface area contributed by atoms with Crippen LogP contribution in [0, 0.1) is 0 Å². The van der Waals surface area contributed by atoms with Gasteiger partial charge < -0.3 is 19.6 Å². The molecule has 4 nitrogen and oxygen atoms in total. The summed E-state index contributed by atoms with van der Waals surface area (Å²) in [6.45, 7) is 4.41. The largest absolute Gasteiger partial charge is 0.491 e. The lowest BCUT2D eigenvalue weighted by Gasteiger charge is -2.14. The lowest BCUT2D eigenvalue weighted by molar-refractivity contribution is -0.0122. The number of nitrogens with one attached hydrogen (secondary N) is 1. The summed E-state index contributed by atoms with van der Waals surface area (Å²) in [5, 5.41) is 10.8. The molecule has 0 aliphatic carbocycles. The number of rotatable bonds is 6. The van der Waals surface area contributed by atoms with Gasteiger partial charge in [0.15, 0.2) is 0 Å². The van der Waals surface area contributed by atoms with Crippen LogP contribution >= 0.6 is 0 Å². The number of ether oxygens (including phenoxy) is 2. The molecule has 0 aliphatic rings. The van der Waals surface area contributed by atoms with Crippen molar-refractivity contribution in [2.75, 3.05) is 13.2 Å². The molecule has 2 rings (SSSR count). The summed E-state index contributed by atoms with van der Waals surface area (Å²) in [6, 6.07) is 7.78. The summed E-state index contributed by atoms with van der Waals surface area (Å²) in [4.78, 5) is 3.12. The maximum Gasteiger partial charge on any atom is 0.120 e. The second-order valence-electron chi connectivity index (χ2n) is 4.57. The average molecular weight is 249 g/mol. The third kappa shape index (κ3) is 3.48. The number of aliphatic hydroxyl groups is 1. The van der Waals surface area contributed by atoms with E-state index in [1.54, 1.807) is 0 Å². The maximum atomic E-state index is 9.68. The molecule has 98 valence electrons. The summed E-state index contributed by atoms with van der Waals surface area (Å²) < 4.78 is 10.8. The van der Waals surface area contributed by atoms with Crippen LogP contribution in [0.2, 0.25) is 0 Å². The Balaban J connectivity index is 1.85. The molecule has 4 heteroatoms. The van der Waals surface area contributed by atoms with E-state index in [-0.39, 0.29) is 12.7 Å². The Bertz CT molecular complexity index is 492. The SMILES string of the molecule is CC(C)OCC(O)COc1ccc2[nH]ccc2c1. The lowest BCUT2D eigenvalue weighted by Crippen LogP contribution is -2.25. The van der Waals surface area contributed by atoms with Crippen LogP contribution in [0.4, 0.5) is 0 Å². The highest BCUT2D eigenvalue weighted by Gasteiger charge is 2.07. The van der Waals surface area contributed by atoms with Crippen molar-refractivity contribution in [2.24, 2.45) is 0 Å². The van der Waals surface area contributed by atoms with E-state index in [2.05, 4.69) is 4.98 Å². The van der Waals surface area contributed by atoms with E-state index in [1.165, 1.54) is 0 Å². The zero-order valence-electron chi connectivity index (χ0n) is 10.7. The molecule has 0 saturated carbocycles. The minimum Gasteiger partial charge on any atom is -0.491 e. The van der Waals surface area contributed by atoms with E-state index in [1.807, 2.05) is 44.3 Å².